The van der Waals surface area contributed by atoms with Gasteiger partial charge in [0.05, 0.1) is 11.8 Å². The molecule has 3 rings (SSSR count). The fourth-order valence-corrected chi connectivity index (χ4v) is 1.96. The Balaban J connectivity index is 2.07. The maximum atomic E-state index is 11.2. The van der Waals surface area contributed by atoms with Crippen LogP contribution in [0.3, 0.4) is 0 Å². The van der Waals surface area contributed by atoms with Crippen molar-refractivity contribution in [1.82, 2.24) is 24.5 Å². The Morgan fingerprint density at radius 3 is 2.85 bits per heavy atom. The molecule has 0 atom stereocenters. The Bertz CT molecular complexity index is 729. The minimum absolute atomic E-state index is 0.520. The average molecular weight is 267 g/mol. The summed E-state index contributed by atoms with van der Waals surface area (Å²) < 4.78 is 3.39. The molecule has 0 aliphatic rings. The molecule has 3 heterocycles. The molecule has 20 heavy (non-hydrogen) atoms. The van der Waals surface area contributed by atoms with Gasteiger partial charge in [-0.1, -0.05) is 6.07 Å². The van der Waals surface area contributed by atoms with Crippen molar-refractivity contribution in [2.45, 2.75) is 13.5 Å². The lowest BCUT2D eigenvalue weighted by atomic mass is 10.2. The van der Waals surface area contributed by atoms with Crippen molar-refractivity contribution < 1.29 is 4.79 Å². The molecule has 0 N–H and O–H groups in total. The molecule has 0 aliphatic carbocycles. The van der Waals surface area contributed by atoms with Crippen LogP contribution in [0.1, 0.15) is 17.3 Å². The first kappa shape index (κ1) is 12.3. The van der Waals surface area contributed by atoms with Crippen LogP contribution in [0.2, 0.25) is 0 Å². The molecule has 0 amide bonds. The van der Waals surface area contributed by atoms with Crippen molar-refractivity contribution in [3.63, 3.8) is 0 Å². The normalized spacial score (nSPS) is 10.7. The first-order chi connectivity index (χ1) is 9.81. The average Bonchev–Trinajstić information content (AvgIpc) is 3.14. The van der Waals surface area contributed by atoms with Crippen LogP contribution in [-0.4, -0.2) is 30.8 Å². The molecule has 0 saturated heterocycles. The summed E-state index contributed by atoms with van der Waals surface area (Å²) in [7, 11) is 0. The van der Waals surface area contributed by atoms with E-state index < -0.39 is 0 Å². The van der Waals surface area contributed by atoms with Gasteiger partial charge < -0.3 is 0 Å². The van der Waals surface area contributed by atoms with E-state index in [1.54, 1.807) is 28.0 Å². The second kappa shape index (κ2) is 5.08. The molecule has 6 nitrogen and oxygen atoms in total. The molecule has 0 fully saturated rings. The number of aryl methyl sites for hydroxylation is 1. The van der Waals surface area contributed by atoms with Gasteiger partial charge in [0.1, 0.15) is 5.69 Å². The molecule has 0 aliphatic heterocycles. The van der Waals surface area contributed by atoms with Gasteiger partial charge in [0.2, 0.25) is 0 Å². The molecule has 0 radical (unpaired) electrons. The van der Waals surface area contributed by atoms with Crippen molar-refractivity contribution in [3.05, 3.63) is 48.5 Å². The van der Waals surface area contributed by atoms with Crippen molar-refractivity contribution >= 4 is 6.29 Å². The minimum atomic E-state index is 0.520. The molecule has 0 aromatic carbocycles. The number of carbonyl (C=O) groups is 1. The van der Waals surface area contributed by atoms with Gasteiger partial charge >= 0.3 is 0 Å². The third-order valence-electron chi connectivity index (χ3n) is 2.98. The first-order valence-corrected chi connectivity index (χ1v) is 6.31. The highest BCUT2D eigenvalue weighted by atomic mass is 16.1. The molecule has 100 valence electrons. The number of aldehydes is 1. The van der Waals surface area contributed by atoms with Crippen LogP contribution in [0.4, 0.5) is 0 Å². The summed E-state index contributed by atoms with van der Waals surface area (Å²) in [4.78, 5) is 15.4. The fraction of sp³-hybridized carbons (Fsp3) is 0.143. The maximum absolute atomic E-state index is 11.2. The van der Waals surface area contributed by atoms with E-state index in [1.807, 2.05) is 31.3 Å². The predicted molar refractivity (Wildman–Crippen MR) is 73.6 cm³/mol. The highest BCUT2D eigenvalue weighted by molar-refractivity contribution is 5.85. The number of carbonyl (C=O) groups excluding carboxylic acids is 1. The Morgan fingerprint density at radius 2 is 2.20 bits per heavy atom. The summed E-state index contributed by atoms with van der Waals surface area (Å²) in [6.07, 6.45) is 7.74. The zero-order valence-corrected chi connectivity index (χ0v) is 11.0. The van der Waals surface area contributed by atoms with E-state index in [2.05, 4.69) is 15.2 Å². The van der Waals surface area contributed by atoms with Crippen molar-refractivity contribution in [2.75, 3.05) is 0 Å². The third kappa shape index (κ3) is 2.11. The van der Waals surface area contributed by atoms with E-state index in [4.69, 9.17) is 0 Å². The van der Waals surface area contributed by atoms with Gasteiger partial charge in [-0.3, -0.25) is 9.48 Å². The predicted octanol–water partition coefficient (Wildman–Crippen LogP) is 1.96. The van der Waals surface area contributed by atoms with Crippen molar-refractivity contribution in [1.29, 1.82) is 0 Å². The Morgan fingerprint density at radius 1 is 1.30 bits per heavy atom. The third-order valence-corrected chi connectivity index (χ3v) is 2.98. The summed E-state index contributed by atoms with van der Waals surface area (Å²) in [5.41, 5.74) is 1.96. The summed E-state index contributed by atoms with van der Waals surface area (Å²) in [6.45, 7) is 2.78. The van der Waals surface area contributed by atoms with Gasteiger partial charge in [-0.15, -0.1) is 0 Å². The topological polar surface area (TPSA) is 65.6 Å². The lowest BCUT2D eigenvalue weighted by molar-refractivity contribution is 0.112. The quantitative estimate of drug-likeness (QED) is 0.678. The second-order valence-corrected chi connectivity index (χ2v) is 4.27. The zero-order chi connectivity index (χ0) is 13.9. The molecular formula is C14H13N5O. The zero-order valence-electron chi connectivity index (χ0n) is 11.0. The van der Waals surface area contributed by atoms with Crippen LogP contribution >= 0.6 is 0 Å². The SMILES string of the molecule is CCn1cc(-c2nn(-c3ccccn3)cc2C=O)cn1. The molecular weight excluding hydrogens is 254 g/mol. The minimum Gasteiger partial charge on any atom is -0.298 e. The van der Waals surface area contributed by atoms with Crippen LogP contribution in [0.25, 0.3) is 17.1 Å². The van der Waals surface area contributed by atoms with Crippen molar-refractivity contribution in [2.24, 2.45) is 0 Å². The van der Waals surface area contributed by atoms with E-state index in [1.165, 1.54) is 0 Å². The second-order valence-electron chi connectivity index (χ2n) is 4.27. The highest BCUT2D eigenvalue weighted by Gasteiger charge is 2.13. The first-order valence-electron chi connectivity index (χ1n) is 6.31. The standard InChI is InChI=1S/C14H13N5O/c1-2-18-8-11(7-16-18)14-12(10-20)9-19(17-14)13-5-3-4-6-15-13/h3-10H,2H2,1H3. The number of nitrogens with zero attached hydrogens (tertiary/aromatic N) is 5. The molecule has 0 unspecified atom stereocenters. The number of rotatable bonds is 4. The van der Waals surface area contributed by atoms with Crippen LogP contribution in [0, 0.1) is 0 Å². The largest absolute Gasteiger partial charge is 0.298 e. The number of aromatic nitrogens is 5. The van der Waals surface area contributed by atoms with Crippen LogP contribution in [-0.2, 0) is 6.54 Å². The highest BCUT2D eigenvalue weighted by Crippen LogP contribution is 2.21. The molecule has 3 aromatic heterocycles. The summed E-state index contributed by atoms with van der Waals surface area (Å²) >= 11 is 0. The number of hydrogen-bond donors (Lipinski definition) is 0. The smallest absolute Gasteiger partial charge is 0.153 e. The lowest BCUT2D eigenvalue weighted by Crippen LogP contribution is -1.97. The Hall–Kier alpha value is -2.76. The van der Waals surface area contributed by atoms with Crippen LogP contribution < -0.4 is 0 Å². The van der Waals surface area contributed by atoms with E-state index >= 15 is 0 Å². The molecule has 0 saturated carbocycles. The van der Waals surface area contributed by atoms with Gasteiger partial charge in [0.15, 0.2) is 12.1 Å². The van der Waals surface area contributed by atoms with Crippen LogP contribution in [0.15, 0.2) is 43.0 Å². The van der Waals surface area contributed by atoms with Gasteiger partial charge in [-0.05, 0) is 19.1 Å². The molecule has 0 bridgehead atoms. The monoisotopic (exact) mass is 267 g/mol. The maximum Gasteiger partial charge on any atom is 0.153 e. The number of hydrogen-bond acceptors (Lipinski definition) is 4. The van der Waals surface area contributed by atoms with E-state index in [0.717, 1.165) is 18.4 Å². The Kier molecular flexibility index (Phi) is 3.12. The molecule has 0 spiro atoms. The molecule has 3 aromatic rings. The summed E-state index contributed by atoms with van der Waals surface area (Å²) in [6, 6.07) is 5.54. The van der Waals surface area contributed by atoms with E-state index in [0.29, 0.717) is 17.1 Å². The molecule has 6 heteroatoms. The fourth-order valence-electron chi connectivity index (χ4n) is 1.96. The van der Waals surface area contributed by atoms with Gasteiger partial charge in [-0.2, -0.15) is 10.2 Å². The summed E-state index contributed by atoms with van der Waals surface area (Å²) in [5, 5.41) is 8.64. The van der Waals surface area contributed by atoms with Gasteiger partial charge in [0.25, 0.3) is 0 Å². The summed E-state index contributed by atoms with van der Waals surface area (Å²) in [5.74, 6) is 0.671. The number of pyridine rings is 1. The lowest BCUT2D eigenvalue weighted by Gasteiger charge is -1.97. The van der Waals surface area contributed by atoms with Crippen LogP contribution in [0.5, 0.6) is 0 Å². The van der Waals surface area contributed by atoms with Gasteiger partial charge in [-0.25, -0.2) is 9.67 Å². The Labute approximate surface area is 115 Å². The van der Waals surface area contributed by atoms with E-state index in [-0.39, 0.29) is 0 Å². The van der Waals surface area contributed by atoms with Crippen molar-refractivity contribution in [3.8, 4) is 17.1 Å². The van der Waals surface area contributed by atoms with E-state index in [9.17, 15) is 4.79 Å². The van der Waals surface area contributed by atoms with Gasteiger partial charge in [0, 0.05) is 30.7 Å².